The van der Waals surface area contributed by atoms with Crippen molar-refractivity contribution in [1.82, 2.24) is 10.2 Å². The van der Waals surface area contributed by atoms with Crippen molar-refractivity contribution in [2.24, 2.45) is 0 Å². The molecular formula is C19H30N2O2. The van der Waals surface area contributed by atoms with E-state index in [1.54, 1.807) is 0 Å². The average molecular weight is 318 g/mol. The third-order valence-corrected chi connectivity index (χ3v) is 4.90. The monoisotopic (exact) mass is 318 g/mol. The highest BCUT2D eigenvalue weighted by molar-refractivity contribution is 5.44. The van der Waals surface area contributed by atoms with Gasteiger partial charge in [0.25, 0.3) is 0 Å². The number of hydrogen-bond donors (Lipinski definition) is 1. The van der Waals surface area contributed by atoms with E-state index in [0.29, 0.717) is 12.5 Å². The highest BCUT2D eigenvalue weighted by Crippen LogP contribution is 2.33. The maximum atomic E-state index is 6.01. The second-order valence-corrected chi connectivity index (χ2v) is 6.58. The Kier molecular flexibility index (Phi) is 6.17. The van der Waals surface area contributed by atoms with Gasteiger partial charge in [-0.25, -0.2) is 0 Å². The highest BCUT2D eigenvalue weighted by atomic mass is 16.5. The highest BCUT2D eigenvalue weighted by Gasteiger charge is 2.18. The summed E-state index contributed by atoms with van der Waals surface area (Å²) >= 11 is 0. The summed E-state index contributed by atoms with van der Waals surface area (Å²) in [6, 6.07) is 6.50. The first-order valence-electron chi connectivity index (χ1n) is 9.19. The largest absolute Gasteiger partial charge is 0.490 e. The van der Waals surface area contributed by atoms with E-state index in [1.165, 1.54) is 44.3 Å². The van der Waals surface area contributed by atoms with Gasteiger partial charge >= 0.3 is 0 Å². The molecule has 0 aromatic heterocycles. The van der Waals surface area contributed by atoms with Gasteiger partial charge in [-0.15, -0.1) is 0 Å². The minimum Gasteiger partial charge on any atom is -0.490 e. The molecule has 2 heterocycles. The molecule has 1 aromatic rings. The van der Waals surface area contributed by atoms with E-state index in [4.69, 9.17) is 9.47 Å². The quantitative estimate of drug-likeness (QED) is 0.838. The number of ether oxygens (including phenoxy) is 2. The van der Waals surface area contributed by atoms with Crippen molar-refractivity contribution in [3.05, 3.63) is 23.8 Å². The maximum absolute atomic E-state index is 6.01. The minimum absolute atomic E-state index is 0.599. The molecule has 2 saturated heterocycles. The Bertz CT molecular complexity index is 480. The van der Waals surface area contributed by atoms with E-state index in [9.17, 15) is 0 Å². The van der Waals surface area contributed by atoms with Gasteiger partial charge in [-0.2, -0.15) is 0 Å². The first kappa shape index (κ1) is 16.6. The molecule has 2 aliphatic heterocycles. The molecule has 4 heteroatoms. The molecule has 2 fully saturated rings. The van der Waals surface area contributed by atoms with E-state index in [1.807, 2.05) is 6.92 Å². The molecule has 1 unspecified atom stereocenters. The van der Waals surface area contributed by atoms with Crippen LogP contribution in [0.1, 0.15) is 44.1 Å². The van der Waals surface area contributed by atoms with Crippen LogP contribution in [0.3, 0.4) is 0 Å². The predicted molar refractivity (Wildman–Crippen MR) is 93.6 cm³/mol. The fourth-order valence-corrected chi connectivity index (χ4v) is 3.59. The summed E-state index contributed by atoms with van der Waals surface area (Å²) in [5.74, 6) is 2.39. The van der Waals surface area contributed by atoms with Gasteiger partial charge in [0, 0.05) is 13.1 Å². The first-order valence-corrected chi connectivity index (χ1v) is 9.19. The number of hydrogen-bond acceptors (Lipinski definition) is 4. The second kappa shape index (κ2) is 8.55. The summed E-state index contributed by atoms with van der Waals surface area (Å²) in [4.78, 5) is 2.47. The summed E-state index contributed by atoms with van der Waals surface area (Å²) in [6.07, 6.45) is 5.17. The third-order valence-electron chi connectivity index (χ3n) is 4.90. The van der Waals surface area contributed by atoms with Crippen LogP contribution in [0, 0.1) is 0 Å². The van der Waals surface area contributed by atoms with Crippen LogP contribution < -0.4 is 14.8 Å². The number of nitrogens with one attached hydrogen (secondary N) is 1. The number of likely N-dealkylation sites (tertiary alicyclic amines) is 1. The summed E-state index contributed by atoms with van der Waals surface area (Å²) in [6.45, 7) is 9.11. The molecule has 0 radical (unpaired) electrons. The van der Waals surface area contributed by atoms with Gasteiger partial charge < -0.3 is 14.8 Å². The Morgan fingerprint density at radius 1 is 1.13 bits per heavy atom. The van der Waals surface area contributed by atoms with Gasteiger partial charge in [-0.3, -0.25) is 4.90 Å². The van der Waals surface area contributed by atoms with Crippen molar-refractivity contribution in [3.63, 3.8) is 0 Å². The zero-order valence-electron chi connectivity index (χ0n) is 14.4. The summed E-state index contributed by atoms with van der Waals surface area (Å²) in [5.41, 5.74) is 1.37. The van der Waals surface area contributed by atoms with E-state index < -0.39 is 0 Å². The Balaban J connectivity index is 1.61. The van der Waals surface area contributed by atoms with Crippen molar-refractivity contribution >= 4 is 0 Å². The summed E-state index contributed by atoms with van der Waals surface area (Å²) < 4.78 is 11.8. The van der Waals surface area contributed by atoms with Gasteiger partial charge in [0.05, 0.1) is 6.61 Å². The molecular weight excluding hydrogens is 288 g/mol. The van der Waals surface area contributed by atoms with E-state index in [2.05, 4.69) is 28.4 Å². The van der Waals surface area contributed by atoms with E-state index in [0.717, 1.165) is 37.7 Å². The standard InChI is InChI=1S/C19H30N2O2/c1-2-22-19-14-16(17-6-5-9-20-15-17)7-8-18(19)23-13-12-21-10-3-4-11-21/h7-8,14,17,20H,2-6,9-13,15H2,1H3. The zero-order chi connectivity index (χ0) is 15.9. The van der Waals surface area contributed by atoms with Crippen molar-refractivity contribution in [1.29, 1.82) is 0 Å². The summed E-state index contributed by atoms with van der Waals surface area (Å²) in [7, 11) is 0. The van der Waals surface area contributed by atoms with Crippen LogP contribution in [0.2, 0.25) is 0 Å². The molecule has 0 aliphatic carbocycles. The second-order valence-electron chi connectivity index (χ2n) is 6.58. The van der Waals surface area contributed by atoms with Crippen molar-refractivity contribution in [2.45, 2.75) is 38.5 Å². The lowest BCUT2D eigenvalue weighted by atomic mass is 9.91. The zero-order valence-corrected chi connectivity index (χ0v) is 14.4. The lowest BCUT2D eigenvalue weighted by Crippen LogP contribution is -2.28. The fourth-order valence-electron chi connectivity index (χ4n) is 3.59. The smallest absolute Gasteiger partial charge is 0.161 e. The summed E-state index contributed by atoms with van der Waals surface area (Å²) in [5, 5.41) is 3.49. The van der Waals surface area contributed by atoms with Crippen LogP contribution in [-0.2, 0) is 0 Å². The maximum Gasteiger partial charge on any atom is 0.161 e. The SMILES string of the molecule is CCOc1cc(C2CCCNC2)ccc1OCCN1CCCC1. The van der Waals surface area contributed by atoms with Crippen molar-refractivity contribution < 1.29 is 9.47 Å². The van der Waals surface area contributed by atoms with Gasteiger partial charge in [-0.05, 0) is 75.9 Å². The van der Waals surface area contributed by atoms with Gasteiger partial charge in [0.1, 0.15) is 6.61 Å². The molecule has 1 N–H and O–H groups in total. The van der Waals surface area contributed by atoms with Gasteiger partial charge in [0.2, 0.25) is 0 Å². The molecule has 3 rings (SSSR count). The van der Waals surface area contributed by atoms with E-state index in [-0.39, 0.29) is 0 Å². The van der Waals surface area contributed by atoms with Crippen LogP contribution in [0.5, 0.6) is 11.5 Å². The lowest BCUT2D eigenvalue weighted by Gasteiger charge is -2.24. The number of piperidine rings is 1. The van der Waals surface area contributed by atoms with Gasteiger partial charge in [0.15, 0.2) is 11.5 Å². The molecule has 0 amide bonds. The molecule has 4 nitrogen and oxygen atoms in total. The Labute approximate surface area is 140 Å². The lowest BCUT2D eigenvalue weighted by molar-refractivity contribution is 0.226. The topological polar surface area (TPSA) is 33.7 Å². The third kappa shape index (κ3) is 4.61. The number of nitrogens with zero attached hydrogens (tertiary/aromatic N) is 1. The Morgan fingerprint density at radius 2 is 2.00 bits per heavy atom. The molecule has 2 aliphatic rings. The van der Waals surface area contributed by atoms with E-state index >= 15 is 0 Å². The minimum atomic E-state index is 0.599. The first-order chi connectivity index (χ1) is 11.4. The van der Waals surface area contributed by atoms with Crippen molar-refractivity contribution in [2.75, 3.05) is 45.9 Å². The molecule has 1 aromatic carbocycles. The Morgan fingerprint density at radius 3 is 2.74 bits per heavy atom. The molecule has 128 valence electrons. The van der Waals surface area contributed by atoms with Crippen molar-refractivity contribution in [3.8, 4) is 11.5 Å². The molecule has 0 spiro atoms. The Hall–Kier alpha value is -1.26. The van der Waals surface area contributed by atoms with Crippen LogP contribution in [-0.4, -0.2) is 50.8 Å². The fraction of sp³-hybridized carbons (Fsp3) is 0.684. The van der Waals surface area contributed by atoms with Crippen LogP contribution >= 0.6 is 0 Å². The molecule has 23 heavy (non-hydrogen) atoms. The normalized spacial score (nSPS) is 22.2. The van der Waals surface area contributed by atoms with Crippen LogP contribution in [0.15, 0.2) is 18.2 Å². The number of benzene rings is 1. The van der Waals surface area contributed by atoms with Gasteiger partial charge in [-0.1, -0.05) is 6.07 Å². The molecule has 0 bridgehead atoms. The predicted octanol–water partition coefficient (Wildman–Crippen LogP) is 3.03. The molecule has 0 saturated carbocycles. The van der Waals surface area contributed by atoms with Crippen LogP contribution in [0.4, 0.5) is 0 Å². The average Bonchev–Trinajstić information content (AvgIpc) is 3.10. The molecule has 1 atom stereocenters. The number of rotatable bonds is 7. The van der Waals surface area contributed by atoms with Crippen LogP contribution in [0.25, 0.3) is 0 Å².